The molecule has 32 heavy (non-hydrogen) atoms. The quantitative estimate of drug-likeness (QED) is 0.429. The van der Waals surface area contributed by atoms with E-state index in [1.165, 1.54) is 18.2 Å². The molecule has 2 N–H and O–H groups in total. The molecule has 7 nitrogen and oxygen atoms in total. The molecule has 0 radical (unpaired) electrons. The predicted molar refractivity (Wildman–Crippen MR) is 121 cm³/mol. The third kappa shape index (κ3) is 4.82. The second-order valence-corrected chi connectivity index (χ2v) is 9.42. The molecule has 4 aromatic rings. The van der Waals surface area contributed by atoms with Crippen LogP contribution in [-0.2, 0) is 21.2 Å². The topological polar surface area (TPSA) is 101 Å². The molecule has 0 bridgehead atoms. The van der Waals surface area contributed by atoms with E-state index in [4.69, 9.17) is 0 Å². The third-order valence-electron chi connectivity index (χ3n) is 4.87. The lowest BCUT2D eigenvalue weighted by atomic mass is 10.1. The van der Waals surface area contributed by atoms with Crippen LogP contribution in [-0.4, -0.2) is 29.1 Å². The molecule has 0 saturated carbocycles. The van der Waals surface area contributed by atoms with Gasteiger partial charge < -0.3 is 5.32 Å². The van der Waals surface area contributed by atoms with Crippen molar-refractivity contribution >= 4 is 44.4 Å². The van der Waals surface area contributed by atoms with E-state index < -0.39 is 27.8 Å². The highest BCUT2D eigenvalue weighted by Gasteiger charge is 2.28. The van der Waals surface area contributed by atoms with Gasteiger partial charge in [0.1, 0.15) is 27.8 Å². The minimum Gasteiger partial charge on any atom is -0.325 e. The van der Waals surface area contributed by atoms with Crippen LogP contribution in [0.25, 0.3) is 11.0 Å². The minimum absolute atomic E-state index is 0.0593. The Kier molecular flexibility index (Phi) is 6.26. The van der Waals surface area contributed by atoms with Crippen LogP contribution in [0.2, 0.25) is 0 Å². The first-order valence-corrected chi connectivity index (χ1v) is 11.9. The number of rotatable bonds is 7. The van der Waals surface area contributed by atoms with Crippen molar-refractivity contribution in [3.8, 4) is 0 Å². The lowest BCUT2D eigenvalue weighted by molar-refractivity contribution is -0.117. The van der Waals surface area contributed by atoms with E-state index >= 15 is 0 Å². The van der Waals surface area contributed by atoms with Crippen LogP contribution in [0.3, 0.4) is 0 Å². The van der Waals surface area contributed by atoms with Crippen LogP contribution in [0.4, 0.5) is 10.1 Å². The van der Waals surface area contributed by atoms with Gasteiger partial charge >= 0.3 is 0 Å². The smallest absolute Gasteiger partial charge is 0.243 e. The van der Waals surface area contributed by atoms with E-state index in [1.54, 1.807) is 49.4 Å². The molecule has 164 valence electrons. The highest BCUT2D eigenvalue weighted by molar-refractivity contribution is 7.89. The van der Waals surface area contributed by atoms with Gasteiger partial charge in [-0.05, 0) is 48.7 Å². The fourth-order valence-corrected chi connectivity index (χ4v) is 5.15. The van der Waals surface area contributed by atoms with Gasteiger partial charge in [-0.25, -0.2) is 12.8 Å². The molecule has 0 aliphatic heterocycles. The Labute approximate surface area is 188 Å². The lowest BCUT2D eigenvalue weighted by Crippen LogP contribution is -2.45. The van der Waals surface area contributed by atoms with Gasteiger partial charge in [0.2, 0.25) is 15.9 Å². The number of aromatic nitrogens is 2. The maximum Gasteiger partial charge on any atom is 0.243 e. The van der Waals surface area contributed by atoms with Gasteiger partial charge in [-0.2, -0.15) is 13.5 Å². The van der Waals surface area contributed by atoms with Crippen molar-refractivity contribution in [2.75, 3.05) is 5.32 Å². The van der Waals surface area contributed by atoms with Gasteiger partial charge in [0.15, 0.2) is 0 Å². The summed E-state index contributed by atoms with van der Waals surface area (Å²) in [5, 5.41) is 2.60. The van der Waals surface area contributed by atoms with Crippen molar-refractivity contribution in [2.24, 2.45) is 0 Å². The van der Waals surface area contributed by atoms with Crippen molar-refractivity contribution < 1.29 is 17.6 Å². The van der Waals surface area contributed by atoms with Crippen LogP contribution in [0.1, 0.15) is 11.1 Å². The summed E-state index contributed by atoms with van der Waals surface area (Å²) < 4.78 is 50.9. The molecule has 1 atom stereocenters. The van der Waals surface area contributed by atoms with E-state index in [0.29, 0.717) is 11.1 Å². The molecular formula is C22H19FN4O3S2. The molecular weight excluding hydrogens is 451 g/mol. The number of hydrogen-bond acceptors (Lipinski definition) is 6. The Bertz CT molecular complexity index is 1370. The van der Waals surface area contributed by atoms with Crippen LogP contribution >= 0.6 is 11.7 Å². The molecule has 1 heterocycles. The third-order valence-corrected chi connectivity index (χ3v) is 6.92. The van der Waals surface area contributed by atoms with Crippen molar-refractivity contribution in [1.82, 2.24) is 13.5 Å². The summed E-state index contributed by atoms with van der Waals surface area (Å²) in [5.41, 5.74) is 2.14. The van der Waals surface area contributed by atoms with Gasteiger partial charge in [-0.15, -0.1) is 0 Å². The average Bonchev–Trinajstić information content (AvgIpc) is 3.25. The summed E-state index contributed by atoms with van der Waals surface area (Å²) in [6.45, 7) is 1.61. The van der Waals surface area contributed by atoms with E-state index in [1.807, 2.05) is 6.07 Å². The standard InChI is InChI=1S/C22H19FN4O3S2/c1-14-10-11-16(13-17(14)23)24-22(28)19(12-15-6-3-2-4-7-15)27-32(29,30)20-9-5-8-18-21(20)26-31-25-18/h2-11,13,19,27H,12H2,1H3,(H,24,28). The second-order valence-electron chi connectivity index (χ2n) is 7.20. The van der Waals surface area contributed by atoms with Crippen LogP contribution in [0, 0.1) is 12.7 Å². The van der Waals surface area contributed by atoms with E-state index in [2.05, 4.69) is 18.8 Å². The van der Waals surface area contributed by atoms with Crippen molar-refractivity contribution in [1.29, 1.82) is 0 Å². The number of sulfonamides is 1. The van der Waals surface area contributed by atoms with Crippen molar-refractivity contribution in [3.63, 3.8) is 0 Å². The molecule has 1 aromatic heterocycles. The number of carbonyl (C=O) groups is 1. The molecule has 1 amide bonds. The fourth-order valence-electron chi connectivity index (χ4n) is 3.19. The molecule has 0 fully saturated rings. The molecule has 0 aliphatic carbocycles. The Hall–Kier alpha value is -3.21. The second kappa shape index (κ2) is 9.11. The molecule has 10 heteroatoms. The monoisotopic (exact) mass is 470 g/mol. The Morgan fingerprint density at radius 3 is 2.59 bits per heavy atom. The normalized spacial score (nSPS) is 12.6. The Morgan fingerprint density at radius 2 is 1.84 bits per heavy atom. The number of halogens is 1. The van der Waals surface area contributed by atoms with Gasteiger partial charge in [-0.3, -0.25) is 4.79 Å². The number of aryl methyl sites for hydroxylation is 1. The van der Waals surface area contributed by atoms with Gasteiger partial charge in [0, 0.05) is 5.69 Å². The maximum absolute atomic E-state index is 13.9. The SMILES string of the molecule is Cc1ccc(NC(=O)C(Cc2ccccc2)NS(=O)(=O)c2cccc3nsnc23)cc1F. The zero-order valence-electron chi connectivity index (χ0n) is 16.9. The number of amides is 1. The summed E-state index contributed by atoms with van der Waals surface area (Å²) in [6, 6.07) is 16.8. The van der Waals surface area contributed by atoms with Crippen molar-refractivity contribution in [3.05, 3.63) is 83.7 Å². The number of anilines is 1. The van der Waals surface area contributed by atoms with E-state index in [9.17, 15) is 17.6 Å². The number of carbonyl (C=O) groups excluding carboxylic acids is 1. The molecule has 1 unspecified atom stereocenters. The Balaban J connectivity index is 1.65. The first-order chi connectivity index (χ1) is 15.3. The fraction of sp³-hybridized carbons (Fsp3) is 0.136. The lowest BCUT2D eigenvalue weighted by Gasteiger charge is -2.19. The van der Waals surface area contributed by atoms with Crippen LogP contribution in [0.15, 0.2) is 71.6 Å². The summed E-state index contributed by atoms with van der Waals surface area (Å²) in [6.07, 6.45) is 0.103. The summed E-state index contributed by atoms with van der Waals surface area (Å²) in [4.78, 5) is 13.0. The number of benzene rings is 3. The summed E-state index contributed by atoms with van der Waals surface area (Å²) in [5.74, 6) is -1.07. The van der Waals surface area contributed by atoms with E-state index in [-0.39, 0.29) is 22.5 Å². The van der Waals surface area contributed by atoms with Crippen molar-refractivity contribution in [2.45, 2.75) is 24.3 Å². The molecule has 0 aliphatic rings. The summed E-state index contributed by atoms with van der Waals surface area (Å²) >= 11 is 0.908. The number of nitrogens with one attached hydrogen (secondary N) is 2. The number of hydrogen-bond donors (Lipinski definition) is 2. The van der Waals surface area contributed by atoms with Gasteiger partial charge in [-0.1, -0.05) is 42.5 Å². The zero-order chi connectivity index (χ0) is 22.7. The Morgan fingerprint density at radius 1 is 1.06 bits per heavy atom. The largest absolute Gasteiger partial charge is 0.325 e. The maximum atomic E-state index is 13.9. The molecule has 3 aromatic carbocycles. The van der Waals surface area contributed by atoms with Gasteiger partial charge in [0.05, 0.1) is 11.7 Å². The predicted octanol–water partition coefficient (Wildman–Crippen LogP) is 3.67. The number of fused-ring (bicyclic) bond motifs is 1. The molecule has 0 saturated heterocycles. The van der Waals surface area contributed by atoms with Crippen LogP contribution < -0.4 is 10.0 Å². The first-order valence-electron chi connectivity index (χ1n) is 9.68. The van der Waals surface area contributed by atoms with Gasteiger partial charge in [0.25, 0.3) is 0 Å². The average molecular weight is 471 g/mol. The molecule has 0 spiro atoms. The highest BCUT2D eigenvalue weighted by atomic mass is 32.2. The molecule has 4 rings (SSSR count). The first kappa shape index (κ1) is 22.0. The van der Waals surface area contributed by atoms with E-state index in [0.717, 1.165) is 17.3 Å². The van der Waals surface area contributed by atoms with Crippen LogP contribution in [0.5, 0.6) is 0 Å². The minimum atomic E-state index is -4.11. The highest BCUT2D eigenvalue weighted by Crippen LogP contribution is 2.22. The number of nitrogens with zero attached hydrogens (tertiary/aromatic N) is 2. The summed E-state index contributed by atoms with van der Waals surface area (Å²) in [7, 11) is -4.11. The zero-order valence-corrected chi connectivity index (χ0v) is 18.6.